The van der Waals surface area contributed by atoms with Gasteiger partial charge in [-0.1, -0.05) is 0 Å². The van der Waals surface area contributed by atoms with E-state index in [1.54, 1.807) is 6.92 Å². The molecule has 1 aromatic rings. The second kappa shape index (κ2) is 5.33. The minimum absolute atomic E-state index is 0.142. The Kier molecular flexibility index (Phi) is 3.79. The minimum Gasteiger partial charge on any atom is -0.481 e. The van der Waals surface area contributed by atoms with Crippen LogP contribution in [-0.4, -0.2) is 18.6 Å². The molecule has 1 saturated carbocycles. The van der Waals surface area contributed by atoms with Gasteiger partial charge in [-0.05, 0) is 37.8 Å². The summed E-state index contributed by atoms with van der Waals surface area (Å²) in [6.45, 7) is 2.23. The third kappa shape index (κ3) is 3.42. The Bertz CT molecular complexity index is 447. The summed E-state index contributed by atoms with van der Waals surface area (Å²) < 4.78 is 30.9. The molecule has 1 aliphatic rings. The summed E-state index contributed by atoms with van der Waals surface area (Å²) >= 11 is 0. The van der Waals surface area contributed by atoms with E-state index in [1.807, 2.05) is 0 Å². The third-order valence-corrected chi connectivity index (χ3v) is 2.84. The molecule has 0 heterocycles. The van der Waals surface area contributed by atoms with Crippen molar-refractivity contribution in [3.63, 3.8) is 0 Å². The zero-order valence-corrected chi connectivity index (χ0v) is 10.1. The highest BCUT2D eigenvalue weighted by Gasteiger charge is 2.23. The van der Waals surface area contributed by atoms with Crippen molar-refractivity contribution in [1.29, 1.82) is 0 Å². The van der Waals surface area contributed by atoms with E-state index in [0.29, 0.717) is 12.5 Å². The first kappa shape index (κ1) is 12.8. The van der Waals surface area contributed by atoms with Crippen LogP contribution >= 0.6 is 0 Å². The number of carbonyl (C=O) groups is 1. The summed E-state index contributed by atoms with van der Waals surface area (Å²) in [5.41, 5.74) is 0. The minimum atomic E-state index is -0.988. The first-order chi connectivity index (χ1) is 8.56. The van der Waals surface area contributed by atoms with E-state index in [2.05, 4.69) is 5.32 Å². The van der Waals surface area contributed by atoms with E-state index in [0.717, 1.165) is 25.0 Å². The molecular weight excluding hydrogens is 240 g/mol. The van der Waals surface area contributed by atoms with Gasteiger partial charge in [0.15, 0.2) is 17.7 Å². The van der Waals surface area contributed by atoms with Crippen LogP contribution in [0.25, 0.3) is 0 Å². The number of carbonyl (C=O) groups excluding carboxylic acids is 1. The van der Waals surface area contributed by atoms with Gasteiger partial charge in [-0.15, -0.1) is 0 Å². The molecule has 1 fully saturated rings. The van der Waals surface area contributed by atoms with Gasteiger partial charge >= 0.3 is 0 Å². The molecule has 2 rings (SSSR count). The Morgan fingerprint density at radius 2 is 2.17 bits per heavy atom. The van der Waals surface area contributed by atoms with E-state index in [1.165, 1.54) is 6.07 Å². The molecule has 0 bridgehead atoms. The van der Waals surface area contributed by atoms with Crippen LogP contribution in [0.4, 0.5) is 8.78 Å². The van der Waals surface area contributed by atoms with Crippen LogP contribution < -0.4 is 10.1 Å². The summed E-state index contributed by atoms with van der Waals surface area (Å²) in [5.74, 6) is -1.44. The van der Waals surface area contributed by atoms with Gasteiger partial charge in [0.25, 0.3) is 5.91 Å². The number of nitrogens with one attached hydrogen (secondary N) is 1. The van der Waals surface area contributed by atoms with Crippen molar-refractivity contribution in [3.05, 3.63) is 29.8 Å². The number of halogens is 2. The van der Waals surface area contributed by atoms with Gasteiger partial charge in [-0.3, -0.25) is 4.79 Å². The summed E-state index contributed by atoms with van der Waals surface area (Å²) in [6.07, 6.45) is 1.57. The van der Waals surface area contributed by atoms with Gasteiger partial charge in [0.1, 0.15) is 5.75 Å². The first-order valence-electron chi connectivity index (χ1n) is 5.95. The number of hydrogen-bond donors (Lipinski definition) is 1. The molecule has 0 spiro atoms. The predicted molar refractivity (Wildman–Crippen MR) is 62.2 cm³/mol. The molecule has 5 heteroatoms. The van der Waals surface area contributed by atoms with E-state index in [9.17, 15) is 13.6 Å². The van der Waals surface area contributed by atoms with Crippen molar-refractivity contribution in [1.82, 2.24) is 5.32 Å². The molecular formula is C13H15F2NO2. The maximum atomic E-state index is 12.9. The number of benzene rings is 1. The number of hydrogen-bond acceptors (Lipinski definition) is 2. The third-order valence-electron chi connectivity index (χ3n) is 2.84. The Hall–Kier alpha value is -1.65. The molecule has 0 aliphatic heterocycles. The first-order valence-corrected chi connectivity index (χ1v) is 5.95. The fourth-order valence-corrected chi connectivity index (χ4v) is 1.52. The Morgan fingerprint density at radius 3 is 2.78 bits per heavy atom. The van der Waals surface area contributed by atoms with Crippen molar-refractivity contribution in [2.75, 3.05) is 6.54 Å². The average molecular weight is 255 g/mol. The average Bonchev–Trinajstić information content (AvgIpc) is 3.14. The normalized spacial score (nSPS) is 16.2. The predicted octanol–water partition coefficient (Wildman–Crippen LogP) is 2.26. The van der Waals surface area contributed by atoms with Gasteiger partial charge < -0.3 is 10.1 Å². The van der Waals surface area contributed by atoms with E-state index < -0.39 is 17.7 Å². The molecule has 0 unspecified atom stereocenters. The highest BCUT2D eigenvalue weighted by molar-refractivity contribution is 5.80. The van der Waals surface area contributed by atoms with Crippen LogP contribution in [0.1, 0.15) is 19.8 Å². The van der Waals surface area contributed by atoms with Gasteiger partial charge in [-0.25, -0.2) is 8.78 Å². The van der Waals surface area contributed by atoms with E-state index in [4.69, 9.17) is 4.74 Å². The zero-order chi connectivity index (χ0) is 13.1. The molecule has 98 valence electrons. The van der Waals surface area contributed by atoms with Crippen molar-refractivity contribution in [3.8, 4) is 5.75 Å². The lowest BCUT2D eigenvalue weighted by Crippen LogP contribution is -2.37. The van der Waals surface area contributed by atoms with Crippen LogP contribution in [0.2, 0.25) is 0 Å². The van der Waals surface area contributed by atoms with Crippen molar-refractivity contribution in [2.45, 2.75) is 25.9 Å². The monoisotopic (exact) mass is 255 g/mol. The molecule has 3 nitrogen and oxygen atoms in total. The van der Waals surface area contributed by atoms with Crippen LogP contribution in [0.5, 0.6) is 5.75 Å². The Balaban J connectivity index is 1.86. The molecule has 18 heavy (non-hydrogen) atoms. The highest BCUT2D eigenvalue weighted by Crippen LogP contribution is 2.27. The molecule has 0 saturated heterocycles. The molecule has 1 atom stereocenters. The van der Waals surface area contributed by atoms with Crippen molar-refractivity contribution >= 4 is 5.91 Å². The van der Waals surface area contributed by atoms with E-state index >= 15 is 0 Å². The van der Waals surface area contributed by atoms with Crippen LogP contribution in [0, 0.1) is 17.6 Å². The Labute approximate surface area is 104 Å². The SMILES string of the molecule is C[C@H](Oc1ccc(F)c(F)c1)C(=O)NCC1CC1. The summed E-state index contributed by atoms with van der Waals surface area (Å²) in [4.78, 5) is 11.6. The molecule has 1 aromatic carbocycles. The number of ether oxygens (including phenoxy) is 1. The largest absolute Gasteiger partial charge is 0.481 e. The van der Waals surface area contributed by atoms with Crippen LogP contribution in [-0.2, 0) is 4.79 Å². The molecule has 1 aliphatic carbocycles. The number of amides is 1. The fourth-order valence-electron chi connectivity index (χ4n) is 1.52. The second-order valence-corrected chi connectivity index (χ2v) is 4.52. The summed E-state index contributed by atoms with van der Waals surface area (Å²) in [5, 5.41) is 2.76. The Morgan fingerprint density at radius 1 is 1.44 bits per heavy atom. The lowest BCUT2D eigenvalue weighted by Gasteiger charge is -2.14. The van der Waals surface area contributed by atoms with Gasteiger partial charge in [0, 0.05) is 12.6 Å². The molecule has 0 radical (unpaired) electrons. The smallest absolute Gasteiger partial charge is 0.260 e. The zero-order valence-electron chi connectivity index (χ0n) is 10.1. The van der Waals surface area contributed by atoms with Gasteiger partial charge in [0.05, 0.1) is 0 Å². The van der Waals surface area contributed by atoms with Crippen molar-refractivity contribution < 1.29 is 18.3 Å². The quantitative estimate of drug-likeness (QED) is 0.876. The topological polar surface area (TPSA) is 38.3 Å². The second-order valence-electron chi connectivity index (χ2n) is 4.52. The lowest BCUT2D eigenvalue weighted by atomic mass is 10.3. The fraction of sp³-hybridized carbons (Fsp3) is 0.462. The lowest BCUT2D eigenvalue weighted by molar-refractivity contribution is -0.127. The standard InChI is InChI=1S/C13H15F2NO2/c1-8(13(17)16-7-9-2-3-9)18-10-4-5-11(14)12(15)6-10/h4-6,8-9H,2-3,7H2,1H3,(H,16,17)/t8-/m0/s1. The summed E-state index contributed by atoms with van der Waals surface area (Å²) in [7, 11) is 0. The molecule has 1 amide bonds. The molecule has 1 N–H and O–H groups in total. The van der Waals surface area contributed by atoms with Gasteiger partial charge in [0.2, 0.25) is 0 Å². The van der Waals surface area contributed by atoms with Crippen LogP contribution in [0.3, 0.4) is 0 Å². The van der Waals surface area contributed by atoms with Gasteiger partial charge in [-0.2, -0.15) is 0 Å². The number of rotatable bonds is 5. The van der Waals surface area contributed by atoms with E-state index in [-0.39, 0.29) is 11.7 Å². The molecule has 0 aromatic heterocycles. The maximum Gasteiger partial charge on any atom is 0.260 e. The highest BCUT2D eigenvalue weighted by atomic mass is 19.2. The van der Waals surface area contributed by atoms with Crippen LogP contribution in [0.15, 0.2) is 18.2 Å². The summed E-state index contributed by atoms with van der Waals surface area (Å²) in [6, 6.07) is 3.20. The maximum absolute atomic E-state index is 12.9. The van der Waals surface area contributed by atoms with Crippen molar-refractivity contribution in [2.24, 2.45) is 5.92 Å².